The molecule has 33 heavy (non-hydrogen) atoms. The third-order valence-electron chi connectivity index (χ3n) is 5.29. The van der Waals surface area contributed by atoms with E-state index in [-0.39, 0.29) is 6.03 Å². The van der Waals surface area contributed by atoms with Crippen molar-refractivity contribution in [1.29, 1.82) is 0 Å². The van der Waals surface area contributed by atoms with E-state index in [1.54, 1.807) is 20.5 Å². The number of aryl methyl sites for hydroxylation is 1. The number of piperazine rings is 1. The van der Waals surface area contributed by atoms with Crippen LogP contribution in [-0.4, -0.2) is 75.4 Å². The summed E-state index contributed by atoms with van der Waals surface area (Å²) in [7, 11) is 6.96. The molecule has 1 aromatic heterocycles. The van der Waals surface area contributed by atoms with Gasteiger partial charge in [0.05, 0.1) is 19.7 Å². The Morgan fingerprint density at radius 3 is 2.15 bits per heavy atom. The lowest BCUT2D eigenvalue weighted by Gasteiger charge is -2.35. The first-order chi connectivity index (χ1) is 16.0. The minimum Gasteiger partial charge on any atom is -0.493 e. The lowest BCUT2D eigenvalue weighted by molar-refractivity contribution is 0.208. The number of ether oxygens (including phenoxy) is 2. The Kier molecular flexibility index (Phi) is 8.26. The summed E-state index contributed by atoms with van der Waals surface area (Å²) in [6, 6.07) is 11.5. The number of benzene rings is 2. The van der Waals surface area contributed by atoms with Crippen LogP contribution in [0, 0.1) is 6.92 Å². The minimum absolute atomic E-state index is 0.0857. The van der Waals surface area contributed by atoms with Crippen molar-refractivity contribution in [2.45, 2.75) is 6.92 Å². The van der Waals surface area contributed by atoms with E-state index in [9.17, 15) is 4.79 Å². The van der Waals surface area contributed by atoms with Gasteiger partial charge < -0.3 is 29.9 Å². The number of methoxy groups -OCH3 is 2. The summed E-state index contributed by atoms with van der Waals surface area (Å²) in [6.45, 7) is 4.60. The van der Waals surface area contributed by atoms with Crippen molar-refractivity contribution in [2.75, 3.05) is 64.7 Å². The third kappa shape index (κ3) is 5.81. The number of hydrogen-bond acceptors (Lipinski definition) is 7. The Bertz CT molecular complexity index is 1070. The van der Waals surface area contributed by atoms with E-state index in [0.717, 1.165) is 28.0 Å². The highest BCUT2D eigenvalue weighted by atomic mass is 16.5. The highest BCUT2D eigenvalue weighted by Gasteiger charge is 2.24. The number of amides is 2. The van der Waals surface area contributed by atoms with Crippen LogP contribution in [0.4, 0.5) is 16.3 Å². The zero-order valence-electron chi connectivity index (χ0n) is 19.9. The molecule has 0 atom stereocenters. The number of aromatic nitrogens is 2. The molecule has 2 aromatic carbocycles. The van der Waals surface area contributed by atoms with E-state index in [2.05, 4.69) is 25.5 Å². The lowest BCUT2D eigenvalue weighted by atomic mass is 10.2. The summed E-state index contributed by atoms with van der Waals surface area (Å²) in [6.07, 6.45) is 1.56. The van der Waals surface area contributed by atoms with E-state index in [0.29, 0.717) is 37.7 Å². The molecule has 1 fully saturated rings. The predicted octanol–water partition coefficient (Wildman–Crippen LogP) is 3.15. The van der Waals surface area contributed by atoms with Crippen molar-refractivity contribution in [3.05, 3.63) is 48.3 Å². The van der Waals surface area contributed by atoms with Crippen molar-refractivity contribution in [2.24, 2.45) is 0 Å². The standard InChI is InChI=1S/C22H25N5O3.C2H7N/c1-15-4-6-16(7-5-15)25-22(28)27-10-8-26(9-11-27)21-17-12-19(29-2)20(30-3)13-18(17)23-14-24-21;1-3-2/h4-7,12-14H,8-11H2,1-3H3,(H,25,28);3H,1-2H3. The monoisotopic (exact) mass is 452 g/mol. The molecule has 9 nitrogen and oxygen atoms in total. The summed E-state index contributed by atoms with van der Waals surface area (Å²) in [4.78, 5) is 25.5. The first-order valence-corrected chi connectivity index (χ1v) is 10.8. The molecule has 2 amide bonds. The molecule has 2 N–H and O–H groups in total. The van der Waals surface area contributed by atoms with Crippen LogP contribution in [0.25, 0.3) is 10.9 Å². The maximum atomic E-state index is 12.6. The van der Waals surface area contributed by atoms with Crippen molar-refractivity contribution in [1.82, 2.24) is 20.2 Å². The van der Waals surface area contributed by atoms with Gasteiger partial charge >= 0.3 is 6.03 Å². The van der Waals surface area contributed by atoms with Crippen molar-refractivity contribution in [3.8, 4) is 11.5 Å². The van der Waals surface area contributed by atoms with Crippen LogP contribution in [0.15, 0.2) is 42.7 Å². The zero-order chi connectivity index (χ0) is 23.8. The van der Waals surface area contributed by atoms with Gasteiger partial charge in [0.1, 0.15) is 12.1 Å². The van der Waals surface area contributed by atoms with Gasteiger partial charge in [0, 0.05) is 43.3 Å². The van der Waals surface area contributed by atoms with Crippen LogP contribution in [-0.2, 0) is 0 Å². The molecule has 0 bridgehead atoms. The summed E-state index contributed by atoms with van der Waals surface area (Å²) in [5, 5.41) is 6.61. The van der Waals surface area contributed by atoms with E-state index in [4.69, 9.17) is 9.47 Å². The fourth-order valence-electron chi connectivity index (χ4n) is 3.58. The summed E-state index contributed by atoms with van der Waals surface area (Å²) < 4.78 is 10.8. The Morgan fingerprint density at radius 2 is 1.55 bits per heavy atom. The highest BCUT2D eigenvalue weighted by Crippen LogP contribution is 2.34. The molecule has 2 heterocycles. The van der Waals surface area contributed by atoms with Gasteiger partial charge in [-0.1, -0.05) is 17.7 Å². The van der Waals surface area contributed by atoms with Crippen LogP contribution >= 0.6 is 0 Å². The normalized spacial score (nSPS) is 13.2. The van der Waals surface area contributed by atoms with Gasteiger partial charge in [0.25, 0.3) is 0 Å². The molecule has 3 aromatic rings. The maximum absolute atomic E-state index is 12.6. The minimum atomic E-state index is -0.0857. The molecule has 176 valence electrons. The van der Waals surface area contributed by atoms with E-state index < -0.39 is 0 Å². The second kappa shape index (κ2) is 11.3. The van der Waals surface area contributed by atoms with Gasteiger partial charge in [0.2, 0.25) is 0 Å². The zero-order valence-corrected chi connectivity index (χ0v) is 19.9. The lowest BCUT2D eigenvalue weighted by Crippen LogP contribution is -2.50. The van der Waals surface area contributed by atoms with Crippen LogP contribution < -0.4 is 25.0 Å². The van der Waals surface area contributed by atoms with Crippen molar-refractivity contribution >= 4 is 28.4 Å². The molecular formula is C24H32N6O3. The highest BCUT2D eigenvalue weighted by molar-refractivity contribution is 5.92. The molecule has 1 aliphatic heterocycles. The third-order valence-corrected chi connectivity index (χ3v) is 5.29. The summed E-state index contributed by atoms with van der Waals surface area (Å²) in [5.41, 5.74) is 2.75. The van der Waals surface area contributed by atoms with Crippen molar-refractivity contribution < 1.29 is 14.3 Å². The molecule has 1 saturated heterocycles. The Hall–Kier alpha value is -3.59. The molecule has 0 unspecified atom stereocenters. The second-order valence-electron chi connectivity index (χ2n) is 7.69. The van der Waals surface area contributed by atoms with Gasteiger partial charge in [-0.3, -0.25) is 0 Å². The predicted molar refractivity (Wildman–Crippen MR) is 132 cm³/mol. The fraction of sp³-hybridized carbons (Fsp3) is 0.375. The molecule has 0 aliphatic carbocycles. The molecule has 1 aliphatic rings. The largest absolute Gasteiger partial charge is 0.493 e. The molecular weight excluding hydrogens is 420 g/mol. The molecule has 0 spiro atoms. The van der Waals surface area contributed by atoms with Gasteiger partial charge in [-0.2, -0.15) is 0 Å². The average Bonchev–Trinajstić information content (AvgIpc) is 2.84. The number of nitrogens with zero attached hydrogens (tertiary/aromatic N) is 4. The Balaban J connectivity index is 0.000000968. The molecule has 4 rings (SSSR count). The number of nitrogens with one attached hydrogen (secondary N) is 2. The van der Waals surface area contributed by atoms with E-state index >= 15 is 0 Å². The first-order valence-electron chi connectivity index (χ1n) is 10.8. The molecule has 0 saturated carbocycles. The maximum Gasteiger partial charge on any atom is 0.321 e. The van der Waals surface area contributed by atoms with Crippen LogP contribution in [0.3, 0.4) is 0 Å². The molecule has 0 radical (unpaired) electrons. The quantitative estimate of drug-likeness (QED) is 0.628. The SMILES string of the molecule is CNC.COc1cc2ncnc(N3CCN(C(=O)Nc4ccc(C)cc4)CC3)c2cc1OC. The fourth-order valence-corrected chi connectivity index (χ4v) is 3.58. The van der Waals surface area contributed by atoms with Crippen LogP contribution in [0.2, 0.25) is 0 Å². The Labute approximate surface area is 194 Å². The summed E-state index contributed by atoms with van der Waals surface area (Å²) >= 11 is 0. The number of hydrogen-bond donors (Lipinski definition) is 2. The molecule has 9 heteroatoms. The number of urea groups is 1. The number of carbonyl (C=O) groups excluding carboxylic acids is 1. The summed E-state index contributed by atoms with van der Waals surface area (Å²) in [5.74, 6) is 2.10. The van der Waals surface area contributed by atoms with Gasteiger partial charge in [-0.15, -0.1) is 0 Å². The topological polar surface area (TPSA) is 91.9 Å². The first kappa shape index (κ1) is 24.1. The van der Waals surface area contributed by atoms with E-state index in [1.807, 2.05) is 62.3 Å². The Morgan fingerprint density at radius 1 is 0.939 bits per heavy atom. The number of fused-ring (bicyclic) bond motifs is 1. The second-order valence-corrected chi connectivity index (χ2v) is 7.69. The number of rotatable bonds is 4. The average molecular weight is 453 g/mol. The van der Waals surface area contributed by atoms with Crippen LogP contribution in [0.5, 0.6) is 11.5 Å². The van der Waals surface area contributed by atoms with E-state index in [1.165, 1.54) is 0 Å². The number of anilines is 2. The van der Waals surface area contributed by atoms with Crippen molar-refractivity contribution in [3.63, 3.8) is 0 Å². The van der Waals surface area contributed by atoms with Crippen LogP contribution in [0.1, 0.15) is 5.56 Å². The smallest absolute Gasteiger partial charge is 0.321 e. The van der Waals surface area contributed by atoms with Gasteiger partial charge in [0.15, 0.2) is 11.5 Å². The van der Waals surface area contributed by atoms with Gasteiger partial charge in [-0.05, 0) is 39.2 Å². The van der Waals surface area contributed by atoms with Gasteiger partial charge in [-0.25, -0.2) is 14.8 Å². The number of carbonyl (C=O) groups is 1.